The molecule has 3 heterocycles. The van der Waals surface area contributed by atoms with Gasteiger partial charge in [-0.3, -0.25) is 9.59 Å². The van der Waals surface area contributed by atoms with E-state index in [1.54, 1.807) is 23.1 Å². The lowest BCUT2D eigenvalue weighted by molar-refractivity contribution is -0.181. The topological polar surface area (TPSA) is 59.1 Å². The molecule has 3 fully saturated rings. The Morgan fingerprint density at radius 3 is 2.48 bits per heavy atom. The summed E-state index contributed by atoms with van der Waals surface area (Å²) < 4.78 is 11.4. The summed E-state index contributed by atoms with van der Waals surface area (Å²) in [5.74, 6) is -0.536. The first kappa shape index (κ1) is 16.8. The van der Waals surface area contributed by atoms with Gasteiger partial charge >= 0.3 is 0 Å². The number of hydrogen-bond acceptors (Lipinski definition) is 4. The van der Waals surface area contributed by atoms with E-state index in [-0.39, 0.29) is 11.8 Å². The van der Waals surface area contributed by atoms with Gasteiger partial charge in [0.05, 0.1) is 24.5 Å². The van der Waals surface area contributed by atoms with E-state index in [9.17, 15) is 9.59 Å². The molecule has 3 saturated heterocycles. The van der Waals surface area contributed by atoms with Gasteiger partial charge < -0.3 is 19.3 Å². The number of anilines is 1. The van der Waals surface area contributed by atoms with Crippen molar-refractivity contribution in [2.24, 2.45) is 0 Å². The molecule has 134 valence electrons. The Bertz CT molecular complexity index is 692. The molecule has 0 aliphatic carbocycles. The monoisotopic (exact) mass is 364 g/mol. The molecule has 1 spiro atoms. The minimum atomic E-state index is -0.509. The Labute approximate surface area is 151 Å². The highest BCUT2D eigenvalue weighted by atomic mass is 35.5. The zero-order chi connectivity index (χ0) is 17.4. The summed E-state index contributed by atoms with van der Waals surface area (Å²) in [6.45, 7) is 3.02. The predicted molar refractivity (Wildman–Crippen MR) is 92.8 cm³/mol. The van der Waals surface area contributed by atoms with Crippen molar-refractivity contribution in [3.8, 4) is 0 Å². The number of benzene rings is 1. The van der Waals surface area contributed by atoms with Crippen LogP contribution in [0.5, 0.6) is 0 Å². The van der Waals surface area contributed by atoms with Crippen molar-refractivity contribution in [3.05, 3.63) is 28.8 Å². The van der Waals surface area contributed by atoms with Gasteiger partial charge in [0.15, 0.2) is 5.79 Å². The molecule has 6 nitrogen and oxygen atoms in total. The molecule has 0 unspecified atom stereocenters. The number of carbonyl (C=O) groups is 2. The molecule has 2 amide bonds. The summed E-state index contributed by atoms with van der Waals surface area (Å²) in [6, 6.07) is 5.14. The van der Waals surface area contributed by atoms with E-state index >= 15 is 0 Å². The molecule has 25 heavy (non-hydrogen) atoms. The number of amides is 2. The summed E-state index contributed by atoms with van der Waals surface area (Å²) in [4.78, 5) is 28.7. The van der Waals surface area contributed by atoms with Crippen LogP contribution in [0.25, 0.3) is 0 Å². The third-order valence-corrected chi connectivity index (χ3v) is 5.42. The number of likely N-dealkylation sites (tertiary alicyclic amines) is 1. The van der Waals surface area contributed by atoms with Crippen molar-refractivity contribution in [1.29, 1.82) is 0 Å². The Kier molecular flexibility index (Phi) is 4.43. The molecule has 0 radical (unpaired) electrons. The van der Waals surface area contributed by atoms with E-state index in [0.29, 0.717) is 68.4 Å². The minimum absolute atomic E-state index is 0.0432. The maximum Gasteiger partial charge on any atom is 0.255 e. The van der Waals surface area contributed by atoms with Crippen LogP contribution in [0, 0.1) is 0 Å². The second-order valence-corrected chi connectivity index (χ2v) is 7.15. The van der Waals surface area contributed by atoms with Gasteiger partial charge in [0.25, 0.3) is 5.91 Å². The molecule has 7 heteroatoms. The zero-order valence-corrected chi connectivity index (χ0v) is 14.8. The number of hydrogen-bond donors (Lipinski definition) is 0. The standard InChI is InChI=1S/C18H21ClN2O4/c19-13-3-4-14(15(12-13)21-7-1-2-16(21)22)17(23)20-8-5-18(6-9-20)24-10-11-25-18/h3-4,12H,1-2,5-11H2. The number of nitrogens with zero attached hydrogens (tertiary/aromatic N) is 2. The summed E-state index contributed by atoms with van der Waals surface area (Å²) in [6.07, 6.45) is 2.66. The second kappa shape index (κ2) is 6.59. The molecule has 0 N–H and O–H groups in total. The number of halogens is 1. The Morgan fingerprint density at radius 1 is 1.12 bits per heavy atom. The first-order valence-electron chi connectivity index (χ1n) is 8.75. The third-order valence-electron chi connectivity index (χ3n) is 5.18. The Hall–Kier alpha value is -1.63. The lowest BCUT2D eigenvalue weighted by atomic mass is 10.0. The maximum atomic E-state index is 13.1. The highest BCUT2D eigenvalue weighted by Gasteiger charge is 2.41. The van der Waals surface area contributed by atoms with Gasteiger partial charge in [-0.05, 0) is 24.6 Å². The van der Waals surface area contributed by atoms with Crippen molar-refractivity contribution in [2.75, 3.05) is 37.7 Å². The van der Waals surface area contributed by atoms with Gasteiger partial charge in [-0.1, -0.05) is 11.6 Å². The number of rotatable bonds is 2. The lowest BCUT2D eigenvalue weighted by Crippen LogP contribution is -2.47. The molecule has 0 atom stereocenters. The van der Waals surface area contributed by atoms with E-state index < -0.39 is 5.79 Å². The van der Waals surface area contributed by atoms with Crippen LogP contribution in [-0.4, -0.2) is 55.3 Å². The second-order valence-electron chi connectivity index (χ2n) is 6.71. The predicted octanol–water partition coefficient (Wildman–Crippen LogP) is 2.45. The van der Waals surface area contributed by atoms with E-state index in [4.69, 9.17) is 21.1 Å². The van der Waals surface area contributed by atoms with Gasteiger partial charge in [-0.15, -0.1) is 0 Å². The van der Waals surface area contributed by atoms with E-state index in [2.05, 4.69) is 0 Å². The SMILES string of the molecule is O=C(c1ccc(Cl)cc1N1CCCC1=O)N1CCC2(CC1)OCCO2. The molecule has 0 bridgehead atoms. The molecule has 0 aromatic heterocycles. The zero-order valence-electron chi connectivity index (χ0n) is 14.0. The van der Waals surface area contributed by atoms with Gasteiger partial charge in [-0.25, -0.2) is 0 Å². The molecule has 1 aromatic carbocycles. The van der Waals surface area contributed by atoms with E-state index in [1.165, 1.54) is 0 Å². The van der Waals surface area contributed by atoms with Gasteiger partial charge in [0, 0.05) is 43.9 Å². The summed E-state index contributed by atoms with van der Waals surface area (Å²) in [5, 5.41) is 0.525. The fourth-order valence-electron chi connectivity index (χ4n) is 3.82. The molecular weight excluding hydrogens is 344 g/mol. The highest BCUT2D eigenvalue weighted by Crippen LogP contribution is 2.34. The number of carbonyl (C=O) groups excluding carboxylic acids is 2. The van der Waals surface area contributed by atoms with Crippen LogP contribution in [0.15, 0.2) is 18.2 Å². The average Bonchev–Trinajstić information content (AvgIpc) is 3.24. The number of piperidine rings is 1. The van der Waals surface area contributed by atoms with E-state index in [1.807, 2.05) is 4.90 Å². The largest absolute Gasteiger partial charge is 0.347 e. The average molecular weight is 365 g/mol. The van der Waals surface area contributed by atoms with Gasteiger partial charge in [0.1, 0.15) is 0 Å². The van der Waals surface area contributed by atoms with Crippen LogP contribution in [-0.2, 0) is 14.3 Å². The fourth-order valence-corrected chi connectivity index (χ4v) is 3.98. The van der Waals surface area contributed by atoms with Crippen LogP contribution in [0.3, 0.4) is 0 Å². The van der Waals surface area contributed by atoms with Crippen molar-refractivity contribution < 1.29 is 19.1 Å². The van der Waals surface area contributed by atoms with Crippen molar-refractivity contribution in [3.63, 3.8) is 0 Å². The molecule has 3 aliphatic rings. The third kappa shape index (κ3) is 3.14. The summed E-state index contributed by atoms with van der Waals surface area (Å²) >= 11 is 6.12. The van der Waals surface area contributed by atoms with Crippen molar-refractivity contribution in [2.45, 2.75) is 31.5 Å². The fraction of sp³-hybridized carbons (Fsp3) is 0.556. The van der Waals surface area contributed by atoms with Crippen LogP contribution in [0.4, 0.5) is 5.69 Å². The molecular formula is C18H21ClN2O4. The summed E-state index contributed by atoms with van der Waals surface area (Å²) in [5.41, 5.74) is 1.15. The van der Waals surface area contributed by atoms with E-state index in [0.717, 1.165) is 6.42 Å². The van der Waals surface area contributed by atoms with Crippen molar-refractivity contribution >= 4 is 29.1 Å². The quantitative estimate of drug-likeness (QED) is 0.808. The molecule has 0 saturated carbocycles. The first-order valence-corrected chi connectivity index (χ1v) is 9.13. The minimum Gasteiger partial charge on any atom is -0.347 e. The smallest absolute Gasteiger partial charge is 0.255 e. The molecule has 1 aromatic rings. The normalized spacial score (nSPS) is 22.8. The van der Waals surface area contributed by atoms with Gasteiger partial charge in [0.2, 0.25) is 5.91 Å². The number of ether oxygens (including phenoxy) is 2. The maximum absolute atomic E-state index is 13.1. The van der Waals surface area contributed by atoms with Crippen LogP contribution >= 0.6 is 11.6 Å². The van der Waals surface area contributed by atoms with Crippen LogP contribution in [0.1, 0.15) is 36.0 Å². The molecule has 4 rings (SSSR count). The van der Waals surface area contributed by atoms with Crippen LogP contribution < -0.4 is 4.90 Å². The first-order chi connectivity index (χ1) is 12.1. The van der Waals surface area contributed by atoms with Crippen LogP contribution in [0.2, 0.25) is 5.02 Å². The summed E-state index contributed by atoms with van der Waals surface area (Å²) in [7, 11) is 0. The lowest BCUT2D eigenvalue weighted by Gasteiger charge is -2.38. The van der Waals surface area contributed by atoms with Gasteiger partial charge in [-0.2, -0.15) is 0 Å². The Morgan fingerprint density at radius 2 is 1.84 bits per heavy atom. The molecule has 3 aliphatic heterocycles. The Balaban J connectivity index is 1.55. The van der Waals surface area contributed by atoms with Crippen molar-refractivity contribution in [1.82, 2.24) is 4.90 Å². The highest BCUT2D eigenvalue weighted by molar-refractivity contribution is 6.31.